The highest BCUT2D eigenvalue weighted by atomic mass is 35.5. The van der Waals surface area contributed by atoms with Gasteiger partial charge in [-0.3, -0.25) is 14.5 Å². The quantitative estimate of drug-likeness (QED) is 0.867. The Morgan fingerprint density at radius 2 is 2.19 bits per heavy atom. The summed E-state index contributed by atoms with van der Waals surface area (Å²) in [6.07, 6.45) is 1.06. The van der Waals surface area contributed by atoms with E-state index in [4.69, 9.17) is 16.7 Å². The van der Waals surface area contributed by atoms with E-state index in [1.807, 2.05) is 0 Å². The van der Waals surface area contributed by atoms with Gasteiger partial charge < -0.3 is 5.11 Å². The molecule has 2 aromatic heterocycles. The number of hydrogen-bond donors (Lipinski definition) is 2. The maximum absolute atomic E-state index is 12.1. The number of rotatable bonds is 5. The van der Waals surface area contributed by atoms with E-state index in [0.29, 0.717) is 15.6 Å². The highest BCUT2D eigenvalue weighted by Crippen LogP contribution is 2.31. The van der Waals surface area contributed by atoms with Gasteiger partial charge in [-0.2, -0.15) is 0 Å². The second kappa shape index (κ2) is 6.00. The fraction of sp³-hybridized carbons (Fsp3) is 0.167. The van der Waals surface area contributed by atoms with Crippen molar-refractivity contribution in [1.29, 1.82) is 0 Å². The molecule has 0 bridgehead atoms. The van der Waals surface area contributed by atoms with Crippen LogP contribution in [0.25, 0.3) is 0 Å². The predicted molar refractivity (Wildman–Crippen MR) is 80.5 cm³/mol. The summed E-state index contributed by atoms with van der Waals surface area (Å²) in [4.78, 5) is 14.4. The average Bonchev–Trinajstić information content (AvgIpc) is 2.72. The van der Waals surface area contributed by atoms with E-state index >= 15 is 0 Å². The number of nitrogens with one attached hydrogen (secondary N) is 1. The van der Waals surface area contributed by atoms with Crippen LogP contribution in [-0.4, -0.2) is 24.5 Å². The molecule has 2 rings (SSSR count). The average molecular weight is 347 g/mol. The van der Waals surface area contributed by atoms with E-state index in [2.05, 4.69) is 9.71 Å². The molecule has 9 heteroatoms. The Kier molecular flexibility index (Phi) is 4.50. The van der Waals surface area contributed by atoms with Crippen molar-refractivity contribution in [3.05, 3.63) is 40.0 Å². The number of thiophene rings is 1. The van der Waals surface area contributed by atoms with Crippen LogP contribution in [0.1, 0.15) is 11.3 Å². The molecule has 0 aliphatic heterocycles. The summed E-state index contributed by atoms with van der Waals surface area (Å²) < 4.78 is 27.2. The fourth-order valence-electron chi connectivity index (χ4n) is 1.51. The van der Waals surface area contributed by atoms with Crippen LogP contribution >= 0.6 is 22.9 Å². The van der Waals surface area contributed by atoms with Crippen LogP contribution in [0.5, 0.6) is 0 Å². The lowest BCUT2D eigenvalue weighted by molar-refractivity contribution is -0.136. The summed E-state index contributed by atoms with van der Waals surface area (Å²) in [6, 6.07) is 4.41. The Bertz CT molecular complexity index is 750. The van der Waals surface area contributed by atoms with E-state index in [0.717, 1.165) is 11.3 Å². The number of sulfonamides is 1. The van der Waals surface area contributed by atoms with E-state index in [9.17, 15) is 13.2 Å². The van der Waals surface area contributed by atoms with Gasteiger partial charge in [0.1, 0.15) is 4.21 Å². The van der Waals surface area contributed by atoms with Crippen LogP contribution in [0.15, 0.2) is 28.6 Å². The molecule has 0 aromatic carbocycles. The number of nitrogens with zero attached hydrogens (tertiary/aromatic N) is 1. The predicted octanol–water partition coefficient (Wildman–Crippen LogP) is 2.53. The molecule has 0 aliphatic carbocycles. The number of aromatic nitrogens is 1. The van der Waals surface area contributed by atoms with Crippen molar-refractivity contribution in [2.75, 3.05) is 4.72 Å². The van der Waals surface area contributed by atoms with Crippen molar-refractivity contribution in [2.24, 2.45) is 0 Å². The molecule has 0 radical (unpaired) electrons. The van der Waals surface area contributed by atoms with Gasteiger partial charge in [-0.15, -0.1) is 11.3 Å². The SMILES string of the molecule is Cc1cc(S(=O)(=O)Nc2ccc(CC(=O)O)nc2)sc1Cl. The second-order valence-electron chi connectivity index (χ2n) is 4.24. The van der Waals surface area contributed by atoms with Crippen LogP contribution in [0.2, 0.25) is 4.34 Å². The van der Waals surface area contributed by atoms with Gasteiger partial charge in [-0.1, -0.05) is 11.6 Å². The number of halogens is 1. The van der Waals surface area contributed by atoms with E-state index in [1.165, 1.54) is 24.4 Å². The number of carboxylic acid groups (broad SMARTS) is 1. The first-order valence-electron chi connectivity index (χ1n) is 5.73. The first-order chi connectivity index (χ1) is 9.78. The topological polar surface area (TPSA) is 96.4 Å². The molecule has 112 valence electrons. The third kappa shape index (κ3) is 3.93. The Morgan fingerprint density at radius 3 is 2.67 bits per heavy atom. The molecular formula is C12H11ClN2O4S2. The highest BCUT2D eigenvalue weighted by molar-refractivity contribution is 7.94. The molecule has 0 saturated heterocycles. The minimum absolute atomic E-state index is 0.111. The van der Waals surface area contributed by atoms with Crippen LogP contribution in [0.4, 0.5) is 5.69 Å². The summed E-state index contributed by atoms with van der Waals surface area (Å²) in [5.74, 6) is -1.00. The van der Waals surface area contributed by atoms with Gasteiger partial charge in [0.25, 0.3) is 10.0 Å². The first kappa shape index (κ1) is 15.7. The van der Waals surface area contributed by atoms with Gasteiger partial charge in [0.05, 0.1) is 28.3 Å². The van der Waals surface area contributed by atoms with Crippen LogP contribution in [-0.2, 0) is 21.2 Å². The maximum Gasteiger partial charge on any atom is 0.309 e. The van der Waals surface area contributed by atoms with Crippen molar-refractivity contribution in [1.82, 2.24) is 4.98 Å². The lowest BCUT2D eigenvalue weighted by Crippen LogP contribution is -2.12. The number of anilines is 1. The summed E-state index contributed by atoms with van der Waals surface area (Å²) in [5, 5.41) is 8.64. The summed E-state index contributed by atoms with van der Waals surface area (Å²) in [5.41, 5.74) is 1.30. The molecular weight excluding hydrogens is 336 g/mol. The Morgan fingerprint density at radius 1 is 1.48 bits per heavy atom. The first-order valence-corrected chi connectivity index (χ1v) is 8.41. The van der Waals surface area contributed by atoms with Crippen molar-refractivity contribution >= 4 is 44.6 Å². The smallest absolute Gasteiger partial charge is 0.309 e. The number of carbonyl (C=O) groups is 1. The second-order valence-corrected chi connectivity index (χ2v) is 7.80. The lowest BCUT2D eigenvalue weighted by Gasteiger charge is -2.06. The fourth-order valence-corrected chi connectivity index (χ4v) is 4.26. The van der Waals surface area contributed by atoms with Crippen molar-refractivity contribution in [3.63, 3.8) is 0 Å². The normalized spacial score (nSPS) is 11.3. The van der Waals surface area contributed by atoms with Crippen LogP contribution < -0.4 is 4.72 Å². The zero-order chi connectivity index (χ0) is 15.6. The summed E-state index contributed by atoms with van der Waals surface area (Å²) in [7, 11) is -3.72. The van der Waals surface area contributed by atoms with E-state index in [1.54, 1.807) is 6.92 Å². The zero-order valence-electron chi connectivity index (χ0n) is 10.8. The summed E-state index contributed by atoms with van der Waals surface area (Å²) in [6.45, 7) is 1.72. The minimum atomic E-state index is -3.72. The Hall–Kier alpha value is -1.64. The van der Waals surface area contributed by atoms with Gasteiger partial charge in [-0.05, 0) is 30.7 Å². The lowest BCUT2D eigenvalue weighted by atomic mass is 10.3. The molecule has 0 unspecified atom stereocenters. The molecule has 0 amide bonds. The van der Waals surface area contributed by atoms with Crippen LogP contribution in [0, 0.1) is 6.92 Å². The summed E-state index contributed by atoms with van der Waals surface area (Å²) >= 11 is 6.83. The zero-order valence-corrected chi connectivity index (χ0v) is 13.2. The van der Waals surface area contributed by atoms with Crippen molar-refractivity contribution in [3.8, 4) is 0 Å². The number of aliphatic carboxylic acids is 1. The molecule has 0 aliphatic rings. The van der Waals surface area contributed by atoms with E-state index < -0.39 is 16.0 Å². The van der Waals surface area contributed by atoms with Gasteiger partial charge in [0.2, 0.25) is 0 Å². The number of aryl methyl sites for hydroxylation is 1. The molecule has 21 heavy (non-hydrogen) atoms. The van der Waals surface area contributed by atoms with Gasteiger partial charge in [-0.25, -0.2) is 8.42 Å². The molecule has 2 aromatic rings. The number of hydrogen-bond acceptors (Lipinski definition) is 5. The molecule has 0 saturated carbocycles. The third-order valence-corrected chi connectivity index (χ3v) is 5.92. The Balaban J connectivity index is 2.18. The highest BCUT2D eigenvalue weighted by Gasteiger charge is 2.18. The monoisotopic (exact) mass is 346 g/mol. The Labute approximate surface area is 130 Å². The van der Waals surface area contributed by atoms with Crippen molar-refractivity contribution < 1.29 is 18.3 Å². The minimum Gasteiger partial charge on any atom is -0.481 e. The van der Waals surface area contributed by atoms with Crippen LogP contribution in [0.3, 0.4) is 0 Å². The largest absolute Gasteiger partial charge is 0.481 e. The van der Waals surface area contributed by atoms with Crippen molar-refractivity contribution in [2.45, 2.75) is 17.6 Å². The standard InChI is InChI=1S/C12H11ClN2O4S2/c1-7-4-11(20-12(7)13)21(18,19)15-9-3-2-8(14-6-9)5-10(16)17/h2-4,6,15H,5H2,1H3,(H,16,17). The molecule has 2 heterocycles. The maximum atomic E-state index is 12.1. The molecule has 6 nitrogen and oxygen atoms in total. The molecule has 0 fully saturated rings. The third-order valence-electron chi connectivity index (χ3n) is 2.51. The molecule has 0 spiro atoms. The van der Waals surface area contributed by atoms with Gasteiger partial charge >= 0.3 is 5.97 Å². The number of pyridine rings is 1. The molecule has 2 N–H and O–H groups in total. The van der Waals surface area contributed by atoms with Gasteiger partial charge in [0.15, 0.2) is 0 Å². The van der Waals surface area contributed by atoms with E-state index in [-0.39, 0.29) is 16.3 Å². The van der Waals surface area contributed by atoms with Gasteiger partial charge in [0, 0.05) is 0 Å². The molecule has 0 atom stereocenters. The number of carboxylic acids is 1.